The molecule has 0 atom stereocenters. The number of rotatable bonds is 3. The zero-order valence-electron chi connectivity index (χ0n) is 10.2. The lowest BCUT2D eigenvalue weighted by Crippen LogP contribution is -2.64. The van der Waals surface area contributed by atoms with Crippen LogP contribution in [0.2, 0.25) is 0 Å². The van der Waals surface area contributed by atoms with Crippen molar-refractivity contribution in [1.82, 2.24) is 9.88 Å². The summed E-state index contributed by atoms with van der Waals surface area (Å²) < 4.78 is 0. The molecule has 2 aliphatic rings. The summed E-state index contributed by atoms with van der Waals surface area (Å²) in [6.45, 7) is 1.31. The topological polar surface area (TPSA) is 79.5 Å². The number of amides is 1. The molecule has 1 saturated heterocycles. The Morgan fingerprint density at radius 3 is 2.72 bits per heavy atom. The van der Waals surface area contributed by atoms with Crippen LogP contribution in [0.4, 0.5) is 0 Å². The molecule has 1 aliphatic carbocycles. The number of pyridine rings is 1. The number of aromatic nitrogens is 1. The fourth-order valence-electron chi connectivity index (χ4n) is 2.47. The Labute approximate surface area is 106 Å². The van der Waals surface area contributed by atoms with Crippen molar-refractivity contribution in [2.45, 2.75) is 25.0 Å². The fraction of sp³-hybridized carbons (Fsp3) is 0.538. The molecule has 0 aromatic carbocycles. The van der Waals surface area contributed by atoms with Gasteiger partial charge in [0.1, 0.15) is 11.3 Å². The maximum absolute atomic E-state index is 12.1. The van der Waals surface area contributed by atoms with Crippen LogP contribution >= 0.6 is 0 Å². The molecule has 1 saturated carbocycles. The summed E-state index contributed by atoms with van der Waals surface area (Å²) in [5.41, 5.74) is 6.18. The number of likely N-dealkylation sites (tertiary alicyclic amines) is 1. The Balaban J connectivity index is 1.64. The molecular weight excluding hydrogens is 230 g/mol. The molecule has 3 rings (SSSR count). The lowest BCUT2D eigenvalue weighted by atomic mass is 9.88. The molecule has 0 spiro atoms. The Kier molecular flexibility index (Phi) is 2.60. The lowest BCUT2D eigenvalue weighted by molar-refractivity contribution is -0.0959. The largest absolute Gasteiger partial charge is 0.386 e. The van der Waals surface area contributed by atoms with Gasteiger partial charge >= 0.3 is 0 Å². The normalized spacial score (nSPS) is 21.6. The van der Waals surface area contributed by atoms with Gasteiger partial charge in [0, 0.05) is 12.7 Å². The van der Waals surface area contributed by atoms with E-state index < -0.39 is 5.60 Å². The van der Waals surface area contributed by atoms with Gasteiger partial charge in [0.25, 0.3) is 5.91 Å². The number of nitrogens with two attached hydrogens (primary N) is 1. The molecule has 1 aromatic rings. The summed E-state index contributed by atoms with van der Waals surface area (Å²) >= 11 is 0. The molecule has 0 radical (unpaired) electrons. The maximum Gasteiger partial charge on any atom is 0.272 e. The van der Waals surface area contributed by atoms with Crippen LogP contribution < -0.4 is 5.73 Å². The number of carbonyl (C=O) groups excluding carboxylic acids is 1. The second-order valence-corrected chi connectivity index (χ2v) is 5.29. The van der Waals surface area contributed by atoms with Gasteiger partial charge in [0.15, 0.2) is 0 Å². The van der Waals surface area contributed by atoms with Gasteiger partial charge < -0.3 is 15.7 Å². The van der Waals surface area contributed by atoms with Gasteiger partial charge in [-0.25, -0.2) is 0 Å². The Bertz CT molecular complexity index is 462. The van der Waals surface area contributed by atoms with Crippen molar-refractivity contribution in [3.8, 4) is 0 Å². The molecule has 96 valence electrons. The summed E-state index contributed by atoms with van der Waals surface area (Å²) in [6.07, 6.45) is 3.80. The highest BCUT2D eigenvalue weighted by molar-refractivity contribution is 5.93. The first kappa shape index (κ1) is 11.6. The Morgan fingerprint density at radius 2 is 2.22 bits per heavy atom. The second-order valence-electron chi connectivity index (χ2n) is 5.29. The van der Waals surface area contributed by atoms with Gasteiger partial charge in [-0.15, -0.1) is 0 Å². The van der Waals surface area contributed by atoms with Crippen LogP contribution in [0.25, 0.3) is 0 Å². The molecule has 1 amide bonds. The highest BCUT2D eigenvalue weighted by Crippen LogP contribution is 2.44. The first-order valence-electron chi connectivity index (χ1n) is 6.29. The number of nitrogens with zero attached hydrogens (tertiary/aromatic N) is 2. The monoisotopic (exact) mass is 247 g/mol. The van der Waals surface area contributed by atoms with Crippen LogP contribution in [0.3, 0.4) is 0 Å². The first-order chi connectivity index (χ1) is 8.62. The molecule has 1 aromatic heterocycles. The highest BCUT2D eigenvalue weighted by atomic mass is 16.3. The van der Waals surface area contributed by atoms with Gasteiger partial charge in [0.05, 0.1) is 13.1 Å². The lowest BCUT2D eigenvalue weighted by Gasteiger charge is -2.46. The van der Waals surface area contributed by atoms with Crippen LogP contribution in [0.5, 0.6) is 0 Å². The zero-order chi connectivity index (χ0) is 12.8. The Hall–Kier alpha value is -1.46. The van der Waals surface area contributed by atoms with E-state index in [1.165, 1.54) is 0 Å². The summed E-state index contributed by atoms with van der Waals surface area (Å²) in [7, 11) is 0. The predicted molar refractivity (Wildman–Crippen MR) is 65.7 cm³/mol. The highest BCUT2D eigenvalue weighted by Gasteiger charge is 2.53. The molecule has 5 nitrogen and oxygen atoms in total. The summed E-state index contributed by atoms with van der Waals surface area (Å²) in [6, 6.07) is 3.51. The number of β-amino-alcohol motifs (C(OH)–C–C–N with tert-alkyl or cyclic N) is 1. The van der Waals surface area contributed by atoms with Crippen molar-refractivity contribution in [2.24, 2.45) is 11.7 Å². The standard InChI is InChI=1S/C13H17N3O2/c14-5-9-1-4-11(15-6-9)12(17)16-7-13(18,8-16)10-2-3-10/h1,4,6,10,18H,2-3,5,7-8,14H2. The van der Waals surface area contributed by atoms with Crippen LogP contribution in [-0.4, -0.2) is 39.6 Å². The third kappa shape index (κ3) is 1.89. The summed E-state index contributed by atoms with van der Waals surface area (Å²) in [5, 5.41) is 10.2. The van der Waals surface area contributed by atoms with E-state index >= 15 is 0 Å². The van der Waals surface area contributed by atoms with Crippen LogP contribution in [0, 0.1) is 5.92 Å². The van der Waals surface area contributed by atoms with E-state index in [0.29, 0.717) is 31.2 Å². The number of aliphatic hydroxyl groups is 1. The molecule has 0 bridgehead atoms. The molecule has 1 aliphatic heterocycles. The Morgan fingerprint density at radius 1 is 1.50 bits per heavy atom. The third-order valence-electron chi connectivity index (χ3n) is 3.83. The summed E-state index contributed by atoms with van der Waals surface area (Å²) in [5.74, 6) is 0.290. The van der Waals surface area contributed by atoms with Gasteiger partial charge in [0.2, 0.25) is 0 Å². The van der Waals surface area contributed by atoms with E-state index in [2.05, 4.69) is 4.98 Å². The molecule has 5 heteroatoms. The molecular formula is C13H17N3O2. The van der Waals surface area contributed by atoms with E-state index in [-0.39, 0.29) is 5.91 Å². The predicted octanol–water partition coefficient (Wildman–Crippen LogP) is 0.137. The average Bonchev–Trinajstić information content (AvgIpc) is 3.19. The van der Waals surface area contributed by atoms with E-state index in [1.54, 1.807) is 17.2 Å². The van der Waals surface area contributed by atoms with Gasteiger partial charge in [-0.2, -0.15) is 0 Å². The van der Waals surface area contributed by atoms with Crippen LogP contribution in [0.1, 0.15) is 28.9 Å². The number of hydrogen-bond donors (Lipinski definition) is 2. The third-order valence-corrected chi connectivity index (χ3v) is 3.83. The zero-order valence-corrected chi connectivity index (χ0v) is 10.2. The van der Waals surface area contributed by atoms with Crippen molar-refractivity contribution in [1.29, 1.82) is 0 Å². The van der Waals surface area contributed by atoms with Crippen molar-refractivity contribution in [3.05, 3.63) is 29.6 Å². The molecule has 3 N–H and O–H groups in total. The number of hydrogen-bond acceptors (Lipinski definition) is 4. The smallest absolute Gasteiger partial charge is 0.272 e. The molecule has 2 heterocycles. The summed E-state index contributed by atoms with van der Waals surface area (Å²) in [4.78, 5) is 17.8. The van der Waals surface area contributed by atoms with E-state index in [9.17, 15) is 9.90 Å². The quantitative estimate of drug-likeness (QED) is 0.796. The van der Waals surface area contributed by atoms with E-state index in [0.717, 1.165) is 18.4 Å². The first-order valence-corrected chi connectivity index (χ1v) is 6.29. The average molecular weight is 247 g/mol. The van der Waals surface area contributed by atoms with Crippen molar-refractivity contribution in [3.63, 3.8) is 0 Å². The van der Waals surface area contributed by atoms with Crippen LogP contribution in [0.15, 0.2) is 18.3 Å². The number of carbonyl (C=O) groups is 1. The van der Waals surface area contributed by atoms with E-state index in [1.807, 2.05) is 6.07 Å². The molecule has 0 unspecified atom stereocenters. The minimum absolute atomic E-state index is 0.108. The SMILES string of the molecule is NCc1ccc(C(=O)N2CC(O)(C3CC3)C2)nc1. The van der Waals surface area contributed by atoms with Crippen molar-refractivity contribution >= 4 is 5.91 Å². The molecule has 18 heavy (non-hydrogen) atoms. The van der Waals surface area contributed by atoms with Gasteiger partial charge in [-0.05, 0) is 30.4 Å². The van der Waals surface area contributed by atoms with Crippen LogP contribution in [-0.2, 0) is 6.54 Å². The van der Waals surface area contributed by atoms with E-state index in [4.69, 9.17) is 5.73 Å². The maximum atomic E-state index is 12.1. The van der Waals surface area contributed by atoms with Crippen molar-refractivity contribution in [2.75, 3.05) is 13.1 Å². The molecule has 2 fully saturated rings. The van der Waals surface area contributed by atoms with Crippen molar-refractivity contribution < 1.29 is 9.90 Å². The fourth-order valence-corrected chi connectivity index (χ4v) is 2.47. The minimum Gasteiger partial charge on any atom is -0.386 e. The second kappa shape index (κ2) is 4.03. The van der Waals surface area contributed by atoms with Gasteiger partial charge in [-0.1, -0.05) is 6.07 Å². The minimum atomic E-state index is -0.632. The van der Waals surface area contributed by atoms with Gasteiger partial charge in [-0.3, -0.25) is 9.78 Å².